The number of aryl methyl sites for hydroxylation is 1. The number of carbonyl (C=O) groups excluding carboxylic acids is 2. The van der Waals surface area contributed by atoms with Crippen molar-refractivity contribution >= 4 is 27.7 Å². The maximum atomic E-state index is 12.9. The fourth-order valence-corrected chi connectivity index (χ4v) is 3.34. The second-order valence-electron chi connectivity index (χ2n) is 5.54. The monoisotopic (exact) mass is 376 g/mol. The van der Waals surface area contributed by atoms with Crippen LogP contribution >= 0.6 is 15.9 Å². The Bertz CT molecular complexity index is 727. The molecule has 2 heterocycles. The van der Waals surface area contributed by atoms with Gasteiger partial charge in [-0.3, -0.25) is 9.59 Å². The van der Waals surface area contributed by atoms with Crippen LogP contribution in [-0.4, -0.2) is 29.8 Å². The van der Waals surface area contributed by atoms with Crippen LogP contribution in [0, 0.1) is 6.92 Å². The van der Waals surface area contributed by atoms with Crippen LogP contribution < -0.4 is 5.32 Å². The normalized spacial score (nSPS) is 18.4. The minimum atomic E-state index is -0.297. The molecule has 1 unspecified atom stereocenters. The number of furan rings is 1. The summed E-state index contributed by atoms with van der Waals surface area (Å²) in [6.07, 6.45) is 0.247. The highest BCUT2D eigenvalue weighted by Crippen LogP contribution is 2.29. The van der Waals surface area contributed by atoms with Gasteiger partial charge in [-0.05, 0) is 34.5 Å². The summed E-state index contributed by atoms with van der Waals surface area (Å²) in [5.41, 5.74) is 1.72. The van der Waals surface area contributed by atoms with Crippen LogP contribution in [0.4, 0.5) is 0 Å². The molecule has 120 valence electrons. The zero-order valence-corrected chi connectivity index (χ0v) is 14.3. The number of amides is 2. The second kappa shape index (κ2) is 6.58. The standard InChI is InChI=1S/C17H17BrN2O3/c1-11-9-14(18)23-16(11)17(22)20-8-7-19-15(21)10-13(20)12-5-3-2-4-6-12/h2-6,9,13H,7-8,10H2,1H3,(H,19,21). The molecule has 0 aliphatic carbocycles. The van der Waals surface area contributed by atoms with E-state index >= 15 is 0 Å². The molecule has 5 nitrogen and oxygen atoms in total. The molecule has 1 aromatic heterocycles. The molecule has 1 N–H and O–H groups in total. The maximum Gasteiger partial charge on any atom is 0.290 e. The average Bonchev–Trinajstić information content (AvgIpc) is 2.76. The molecule has 1 fully saturated rings. The molecule has 1 saturated heterocycles. The molecule has 0 spiro atoms. The molecule has 1 aliphatic heterocycles. The third-order valence-corrected chi connectivity index (χ3v) is 4.35. The van der Waals surface area contributed by atoms with Gasteiger partial charge in [0.15, 0.2) is 10.4 Å². The minimum absolute atomic E-state index is 0.0495. The van der Waals surface area contributed by atoms with Crippen molar-refractivity contribution in [2.75, 3.05) is 13.1 Å². The summed E-state index contributed by atoms with van der Waals surface area (Å²) >= 11 is 3.26. The van der Waals surface area contributed by atoms with Gasteiger partial charge >= 0.3 is 0 Å². The van der Waals surface area contributed by atoms with Gasteiger partial charge < -0.3 is 14.6 Å². The van der Waals surface area contributed by atoms with Crippen molar-refractivity contribution in [2.45, 2.75) is 19.4 Å². The minimum Gasteiger partial charge on any atom is -0.444 e. The number of hydrogen-bond acceptors (Lipinski definition) is 3. The molecular weight excluding hydrogens is 360 g/mol. The lowest BCUT2D eigenvalue weighted by molar-refractivity contribution is -0.121. The van der Waals surface area contributed by atoms with E-state index in [-0.39, 0.29) is 24.3 Å². The van der Waals surface area contributed by atoms with Gasteiger partial charge in [-0.15, -0.1) is 0 Å². The van der Waals surface area contributed by atoms with Gasteiger partial charge in [0.2, 0.25) is 5.91 Å². The van der Waals surface area contributed by atoms with Gasteiger partial charge in [0.1, 0.15) is 0 Å². The first-order chi connectivity index (χ1) is 11.1. The first kappa shape index (κ1) is 15.8. The molecule has 2 aromatic rings. The first-order valence-corrected chi connectivity index (χ1v) is 8.24. The Hall–Kier alpha value is -2.08. The lowest BCUT2D eigenvalue weighted by Crippen LogP contribution is -2.36. The van der Waals surface area contributed by atoms with E-state index in [1.165, 1.54) is 0 Å². The SMILES string of the molecule is Cc1cc(Br)oc1C(=O)N1CCNC(=O)CC1c1ccccc1. The number of carbonyl (C=O) groups is 2. The highest BCUT2D eigenvalue weighted by Gasteiger charge is 2.32. The third-order valence-electron chi connectivity index (χ3n) is 3.96. The zero-order valence-electron chi connectivity index (χ0n) is 12.7. The summed E-state index contributed by atoms with van der Waals surface area (Å²) in [5.74, 6) is 0.0669. The molecule has 0 saturated carbocycles. The van der Waals surface area contributed by atoms with Crippen LogP contribution in [0.25, 0.3) is 0 Å². The van der Waals surface area contributed by atoms with Crippen molar-refractivity contribution in [3.63, 3.8) is 0 Å². The van der Waals surface area contributed by atoms with Crippen LogP contribution in [0.5, 0.6) is 0 Å². The Morgan fingerprint density at radius 1 is 1.35 bits per heavy atom. The predicted molar refractivity (Wildman–Crippen MR) is 89.0 cm³/mol. The first-order valence-electron chi connectivity index (χ1n) is 7.45. The van der Waals surface area contributed by atoms with E-state index < -0.39 is 0 Å². The topological polar surface area (TPSA) is 62.6 Å². The smallest absolute Gasteiger partial charge is 0.290 e. The Morgan fingerprint density at radius 2 is 2.09 bits per heavy atom. The van der Waals surface area contributed by atoms with E-state index in [9.17, 15) is 9.59 Å². The summed E-state index contributed by atoms with van der Waals surface area (Å²) in [6, 6.07) is 11.1. The number of nitrogens with one attached hydrogen (secondary N) is 1. The van der Waals surface area contributed by atoms with E-state index in [1.807, 2.05) is 37.3 Å². The van der Waals surface area contributed by atoms with Gasteiger partial charge in [-0.1, -0.05) is 30.3 Å². The van der Waals surface area contributed by atoms with Gasteiger partial charge in [0, 0.05) is 18.7 Å². The average molecular weight is 377 g/mol. The lowest BCUT2D eigenvalue weighted by atomic mass is 10.0. The van der Waals surface area contributed by atoms with Crippen molar-refractivity contribution in [2.24, 2.45) is 0 Å². The highest BCUT2D eigenvalue weighted by atomic mass is 79.9. The van der Waals surface area contributed by atoms with E-state index in [0.29, 0.717) is 23.5 Å². The van der Waals surface area contributed by atoms with Gasteiger partial charge in [-0.2, -0.15) is 0 Å². The van der Waals surface area contributed by atoms with Crippen molar-refractivity contribution in [1.82, 2.24) is 10.2 Å². The molecule has 1 aromatic carbocycles. The summed E-state index contributed by atoms with van der Waals surface area (Å²) in [5, 5.41) is 2.83. The van der Waals surface area contributed by atoms with Crippen LogP contribution in [0.3, 0.4) is 0 Å². The largest absolute Gasteiger partial charge is 0.444 e. The summed E-state index contributed by atoms with van der Waals surface area (Å²) in [6.45, 7) is 2.72. The van der Waals surface area contributed by atoms with Crippen molar-refractivity contribution < 1.29 is 14.0 Å². The van der Waals surface area contributed by atoms with Crippen molar-refractivity contribution in [3.05, 3.63) is 58.0 Å². The number of rotatable bonds is 2. The lowest BCUT2D eigenvalue weighted by Gasteiger charge is -2.29. The Balaban J connectivity index is 1.97. The number of benzene rings is 1. The molecule has 2 amide bonds. The van der Waals surface area contributed by atoms with Crippen molar-refractivity contribution in [3.8, 4) is 0 Å². The van der Waals surface area contributed by atoms with Gasteiger partial charge in [0.05, 0.1) is 12.5 Å². The second-order valence-corrected chi connectivity index (χ2v) is 6.32. The number of nitrogens with zero attached hydrogens (tertiary/aromatic N) is 1. The quantitative estimate of drug-likeness (QED) is 0.875. The third kappa shape index (κ3) is 3.32. The van der Waals surface area contributed by atoms with Crippen LogP contribution in [0.15, 0.2) is 45.5 Å². The van der Waals surface area contributed by atoms with E-state index in [2.05, 4.69) is 21.2 Å². The molecule has 1 aliphatic rings. The summed E-state index contributed by atoms with van der Waals surface area (Å²) < 4.78 is 6.03. The Morgan fingerprint density at radius 3 is 2.74 bits per heavy atom. The highest BCUT2D eigenvalue weighted by molar-refractivity contribution is 9.10. The summed E-state index contributed by atoms with van der Waals surface area (Å²) in [7, 11) is 0. The summed E-state index contributed by atoms with van der Waals surface area (Å²) in [4.78, 5) is 26.6. The number of hydrogen-bond donors (Lipinski definition) is 1. The predicted octanol–water partition coefficient (Wildman–Crippen LogP) is 3.05. The fourth-order valence-electron chi connectivity index (χ4n) is 2.83. The van der Waals surface area contributed by atoms with E-state index in [1.54, 1.807) is 11.0 Å². The van der Waals surface area contributed by atoms with Gasteiger partial charge in [0.25, 0.3) is 5.91 Å². The van der Waals surface area contributed by atoms with Gasteiger partial charge in [-0.25, -0.2) is 0 Å². The van der Waals surface area contributed by atoms with Crippen LogP contribution in [0.1, 0.15) is 34.1 Å². The van der Waals surface area contributed by atoms with Crippen LogP contribution in [0.2, 0.25) is 0 Å². The molecule has 1 atom stereocenters. The molecule has 6 heteroatoms. The molecule has 3 rings (SSSR count). The molecule has 23 heavy (non-hydrogen) atoms. The zero-order chi connectivity index (χ0) is 16.4. The fraction of sp³-hybridized carbons (Fsp3) is 0.294. The van der Waals surface area contributed by atoms with E-state index in [0.717, 1.165) is 11.1 Å². The Kier molecular flexibility index (Phi) is 4.52. The van der Waals surface area contributed by atoms with Crippen molar-refractivity contribution in [1.29, 1.82) is 0 Å². The maximum absolute atomic E-state index is 12.9. The Labute approximate surface area is 142 Å². The van der Waals surface area contributed by atoms with E-state index in [4.69, 9.17) is 4.42 Å². The molecule has 0 bridgehead atoms. The number of halogens is 1. The molecular formula is C17H17BrN2O3. The van der Waals surface area contributed by atoms with Crippen LogP contribution in [-0.2, 0) is 4.79 Å². The molecule has 0 radical (unpaired) electrons.